The van der Waals surface area contributed by atoms with E-state index in [1.165, 1.54) is 24.3 Å². The Labute approximate surface area is 344 Å². The number of likely N-dealkylation sites (N-methyl/N-ethyl adjacent to an activating group) is 1. The van der Waals surface area contributed by atoms with Crippen LogP contribution in [0.3, 0.4) is 0 Å². The van der Waals surface area contributed by atoms with Crippen molar-refractivity contribution in [2.75, 3.05) is 77.5 Å². The van der Waals surface area contributed by atoms with Crippen LogP contribution in [-0.2, 0) is 33.5 Å². The number of carbonyl (C=O) groups is 3. The highest BCUT2D eigenvalue weighted by atomic mass is 19.4. The van der Waals surface area contributed by atoms with Crippen molar-refractivity contribution in [2.24, 2.45) is 0 Å². The van der Waals surface area contributed by atoms with Crippen molar-refractivity contribution in [2.45, 2.75) is 38.3 Å². The van der Waals surface area contributed by atoms with Crippen LogP contribution < -0.4 is 4.90 Å². The molecule has 4 aromatic carbocycles. The van der Waals surface area contributed by atoms with Gasteiger partial charge in [-0.25, -0.2) is 0 Å². The van der Waals surface area contributed by atoms with Crippen molar-refractivity contribution in [3.63, 3.8) is 0 Å². The van der Waals surface area contributed by atoms with Gasteiger partial charge < -0.3 is 24.7 Å². The van der Waals surface area contributed by atoms with E-state index in [1.807, 2.05) is 89.6 Å². The summed E-state index contributed by atoms with van der Waals surface area (Å²) in [5, 5.41) is 9.77. The number of piperazine rings is 2. The van der Waals surface area contributed by atoms with Crippen LogP contribution in [0.25, 0.3) is 6.08 Å². The van der Waals surface area contributed by atoms with E-state index in [4.69, 9.17) is 0 Å². The Morgan fingerprint density at radius 3 is 1.92 bits per heavy atom. The second-order valence-electron chi connectivity index (χ2n) is 15.1. The van der Waals surface area contributed by atoms with Gasteiger partial charge >= 0.3 is 6.18 Å². The maximum absolute atomic E-state index is 14.9. The summed E-state index contributed by atoms with van der Waals surface area (Å²) in [6.07, 6.45) is -1.52. The zero-order chi connectivity index (χ0) is 41.9. The minimum absolute atomic E-state index is 0.0114. The zero-order valence-corrected chi connectivity index (χ0v) is 33.7. The summed E-state index contributed by atoms with van der Waals surface area (Å²) in [6.45, 7) is 6.84. The highest BCUT2D eigenvalue weighted by molar-refractivity contribution is 5.96. The second kappa shape index (κ2) is 20.0. The highest BCUT2D eigenvalue weighted by Gasteiger charge is 2.36. The molecule has 2 saturated heterocycles. The van der Waals surface area contributed by atoms with Gasteiger partial charge in [0.1, 0.15) is 6.04 Å². The number of benzene rings is 4. The summed E-state index contributed by atoms with van der Waals surface area (Å²) in [5.41, 5.74) is 3.40. The number of anilines is 1. The fourth-order valence-corrected chi connectivity index (χ4v) is 7.89. The Morgan fingerprint density at radius 2 is 1.34 bits per heavy atom. The van der Waals surface area contributed by atoms with Gasteiger partial charge in [-0.05, 0) is 59.6 Å². The first-order valence-electron chi connectivity index (χ1n) is 20.1. The molecule has 10 nitrogen and oxygen atoms in total. The third-order valence-electron chi connectivity index (χ3n) is 11.2. The molecule has 2 heterocycles. The van der Waals surface area contributed by atoms with E-state index in [-0.39, 0.29) is 37.6 Å². The van der Waals surface area contributed by atoms with Gasteiger partial charge in [-0.15, -0.1) is 0 Å². The van der Waals surface area contributed by atoms with E-state index >= 15 is 0 Å². The monoisotopic (exact) mass is 810 g/mol. The van der Waals surface area contributed by atoms with Crippen LogP contribution >= 0.6 is 0 Å². The molecule has 312 valence electrons. The molecule has 1 N–H and O–H groups in total. The molecule has 0 spiro atoms. The second-order valence-corrected chi connectivity index (χ2v) is 15.1. The van der Waals surface area contributed by atoms with E-state index in [0.717, 1.165) is 34.5 Å². The number of halogens is 3. The van der Waals surface area contributed by atoms with Gasteiger partial charge in [-0.1, -0.05) is 84.9 Å². The molecule has 0 saturated carbocycles. The van der Waals surface area contributed by atoms with Crippen molar-refractivity contribution in [1.82, 2.24) is 24.5 Å². The lowest BCUT2D eigenvalue weighted by atomic mass is 10.0. The standard InChI is InChI=1S/C46H53F3N6O4/c1-35(57)51-23-25-52(26-24-51)41-20-15-38(16-21-41)34-55(43(58)22-17-36-13-18-40(19-14-36)46(47,48)49)42(33-37-9-5-3-6-10-37)45(59)54-29-27-53(28-30-54)44(50(2)31-32-56)39-11-7-4-8-12-39/h3-22,42,44,56H,23-34H2,1-2H3/t42-,44?/m0/s1. The molecule has 4 aromatic rings. The van der Waals surface area contributed by atoms with Gasteiger partial charge in [0.2, 0.25) is 17.7 Å². The first-order valence-corrected chi connectivity index (χ1v) is 20.1. The normalized spacial score (nSPS) is 16.4. The van der Waals surface area contributed by atoms with Crippen LogP contribution in [0, 0.1) is 0 Å². The Balaban J connectivity index is 1.27. The van der Waals surface area contributed by atoms with Crippen molar-refractivity contribution < 1.29 is 32.7 Å². The quantitative estimate of drug-likeness (QED) is 0.161. The molecule has 6 rings (SSSR count). The van der Waals surface area contributed by atoms with Crippen LogP contribution in [0.4, 0.5) is 18.9 Å². The Morgan fingerprint density at radius 1 is 0.746 bits per heavy atom. The number of alkyl halides is 3. The molecule has 0 aliphatic carbocycles. The van der Waals surface area contributed by atoms with Gasteiger partial charge in [0, 0.05) is 90.6 Å². The third kappa shape index (κ3) is 11.4. The van der Waals surface area contributed by atoms with E-state index < -0.39 is 23.7 Å². The summed E-state index contributed by atoms with van der Waals surface area (Å²) in [5.74, 6) is -0.581. The molecule has 1 unspecified atom stereocenters. The average molecular weight is 811 g/mol. The Bertz CT molecular complexity index is 2000. The maximum atomic E-state index is 14.9. The molecular formula is C46H53F3N6O4. The summed E-state index contributed by atoms with van der Waals surface area (Å²) in [6, 6.07) is 31.2. The van der Waals surface area contributed by atoms with Crippen LogP contribution in [0.1, 0.15) is 40.9 Å². The predicted octanol–water partition coefficient (Wildman–Crippen LogP) is 5.79. The number of amides is 3. The first-order chi connectivity index (χ1) is 28.4. The summed E-state index contributed by atoms with van der Waals surface area (Å²) in [7, 11) is 1.98. The molecule has 2 aliphatic heterocycles. The molecule has 0 bridgehead atoms. The van der Waals surface area contributed by atoms with Gasteiger partial charge in [0.15, 0.2) is 0 Å². The molecule has 59 heavy (non-hydrogen) atoms. The van der Waals surface area contributed by atoms with Gasteiger partial charge in [-0.3, -0.25) is 24.2 Å². The van der Waals surface area contributed by atoms with E-state index in [1.54, 1.807) is 11.8 Å². The van der Waals surface area contributed by atoms with Gasteiger partial charge in [0.05, 0.1) is 18.3 Å². The number of aliphatic hydroxyl groups is 1. The van der Waals surface area contributed by atoms with E-state index in [2.05, 4.69) is 26.8 Å². The van der Waals surface area contributed by atoms with Gasteiger partial charge in [0.25, 0.3) is 0 Å². The van der Waals surface area contributed by atoms with E-state index in [0.29, 0.717) is 64.5 Å². The van der Waals surface area contributed by atoms with Crippen LogP contribution in [-0.4, -0.2) is 126 Å². The molecular weight excluding hydrogens is 758 g/mol. The summed E-state index contributed by atoms with van der Waals surface area (Å²) >= 11 is 0. The molecule has 0 aromatic heterocycles. The maximum Gasteiger partial charge on any atom is 0.416 e. The number of nitrogens with zero attached hydrogens (tertiary/aromatic N) is 6. The Kier molecular flexibility index (Phi) is 14.6. The predicted molar refractivity (Wildman–Crippen MR) is 223 cm³/mol. The molecule has 0 radical (unpaired) electrons. The van der Waals surface area contributed by atoms with Crippen molar-refractivity contribution >= 4 is 29.5 Å². The molecule has 2 atom stereocenters. The largest absolute Gasteiger partial charge is 0.416 e. The minimum atomic E-state index is -4.48. The first kappa shape index (κ1) is 43.1. The zero-order valence-electron chi connectivity index (χ0n) is 33.7. The van der Waals surface area contributed by atoms with E-state index in [9.17, 15) is 32.7 Å². The van der Waals surface area contributed by atoms with Crippen molar-refractivity contribution in [1.29, 1.82) is 0 Å². The third-order valence-corrected chi connectivity index (χ3v) is 11.2. The minimum Gasteiger partial charge on any atom is -0.395 e. The van der Waals surface area contributed by atoms with Crippen LogP contribution in [0.2, 0.25) is 0 Å². The smallest absolute Gasteiger partial charge is 0.395 e. The molecule has 3 amide bonds. The van der Waals surface area contributed by atoms with Crippen molar-refractivity contribution in [3.05, 3.63) is 143 Å². The number of carbonyl (C=O) groups excluding carboxylic acids is 3. The fraction of sp³-hybridized carbons (Fsp3) is 0.370. The summed E-state index contributed by atoms with van der Waals surface area (Å²) < 4.78 is 39.8. The average Bonchev–Trinajstić information content (AvgIpc) is 3.25. The molecule has 13 heteroatoms. The topological polar surface area (TPSA) is 90.9 Å². The molecule has 2 fully saturated rings. The lowest BCUT2D eigenvalue weighted by Gasteiger charge is -2.44. The highest BCUT2D eigenvalue weighted by Crippen LogP contribution is 2.30. The molecule has 2 aliphatic rings. The summed E-state index contributed by atoms with van der Waals surface area (Å²) in [4.78, 5) is 53.0. The number of hydrogen-bond donors (Lipinski definition) is 1. The lowest BCUT2D eigenvalue weighted by molar-refractivity contribution is -0.146. The number of hydrogen-bond acceptors (Lipinski definition) is 7. The Hall–Kier alpha value is -5.50. The SMILES string of the molecule is CC(=O)N1CCN(c2ccc(CN(C(=O)C=Cc3ccc(C(F)(F)F)cc3)[C@@H](Cc3ccccc3)C(=O)N3CCN(C(c4ccccc4)N(C)CCO)CC3)cc2)CC1. The van der Waals surface area contributed by atoms with Crippen molar-refractivity contribution in [3.8, 4) is 0 Å². The number of aliphatic hydroxyl groups excluding tert-OH is 1. The fourth-order valence-electron chi connectivity index (χ4n) is 7.89. The lowest BCUT2D eigenvalue weighted by Crippen LogP contribution is -2.57. The van der Waals surface area contributed by atoms with Crippen LogP contribution in [0.5, 0.6) is 0 Å². The van der Waals surface area contributed by atoms with Gasteiger partial charge in [-0.2, -0.15) is 13.2 Å². The number of rotatable bonds is 14. The van der Waals surface area contributed by atoms with Crippen LogP contribution in [0.15, 0.2) is 115 Å².